The number of aliphatic hydroxyl groups is 1. The number of aliphatic hydroxyl groups excluding tert-OH is 1. The molecule has 2 aromatic heterocycles. The van der Waals surface area contributed by atoms with Crippen LogP contribution in [0.2, 0.25) is 5.28 Å². The van der Waals surface area contributed by atoms with E-state index in [0.29, 0.717) is 11.3 Å². The van der Waals surface area contributed by atoms with Crippen molar-refractivity contribution in [2.45, 2.75) is 50.1 Å². The summed E-state index contributed by atoms with van der Waals surface area (Å²) in [5.41, 5.74) is 0.105. The summed E-state index contributed by atoms with van der Waals surface area (Å²) in [6.45, 7) is 4.36. The lowest BCUT2D eigenvalue weighted by Crippen LogP contribution is -2.63. The Bertz CT molecular complexity index is 1140. The van der Waals surface area contributed by atoms with Gasteiger partial charge in [0.2, 0.25) is 10.7 Å². The summed E-state index contributed by atoms with van der Waals surface area (Å²) in [6.07, 6.45) is 5.13. The van der Waals surface area contributed by atoms with Crippen LogP contribution in [0.3, 0.4) is 0 Å². The van der Waals surface area contributed by atoms with E-state index in [1.54, 1.807) is 30.0 Å². The molecule has 5 heterocycles. The molecule has 0 aromatic carbocycles. The number of carbonyl (C=O) groups is 2. The molecule has 0 aliphatic carbocycles. The van der Waals surface area contributed by atoms with E-state index in [2.05, 4.69) is 11.5 Å². The van der Waals surface area contributed by atoms with E-state index in [0.717, 1.165) is 29.1 Å². The van der Waals surface area contributed by atoms with Crippen molar-refractivity contribution in [3.63, 3.8) is 0 Å². The van der Waals surface area contributed by atoms with Crippen LogP contribution >= 0.6 is 34.7 Å². The van der Waals surface area contributed by atoms with E-state index in [-0.39, 0.29) is 28.8 Å². The number of carboxylic acid groups (broad SMARTS) is 1. The van der Waals surface area contributed by atoms with E-state index in [1.165, 1.54) is 9.78 Å². The van der Waals surface area contributed by atoms with Gasteiger partial charge in [-0.1, -0.05) is 18.3 Å². The average molecular weight is 498 g/mol. The maximum absolute atomic E-state index is 12.5. The van der Waals surface area contributed by atoms with Gasteiger partial charge in [0.1, 0.15) is 18.1 Å². The summed E-state index contributed by atoms with van der Waals surface area (Å²) >= 11 is 9.64. The first-order valence-electron chi connectivity index (χ1n) is 10.7. The molecule has 0 bridgehead atoms. The van der Waals surface area contributed by atoms with Crippen molar-refractivity contribution in [2.24, 2.45) is 18.9 Å². The highest BCUT2D eigenvalue weighted by Gasteiger charge is 2.60. The molecule has 2 saturated heterocycles. The van der Waals surface area contributed by atoms with Crippen LogP contribution in [-0.4, -0.2) is 61.4 Å². The highest BCUT2D eigenvalue weighted by atomic mass is 35.5. The minimum Gasteiger partial charge on any atom is -0.477 e. The number of rotatable bonds is 6. The monoisotopic (exact) mass is 497 g/mol. The smallest absolute Gasteiger partial charge is 0.360 e. The van der Waals surface area contributed by atoms with Crippen LogP contribution in [0.5, 0.6) is 0 Å². The van der Waals surface area contributed by atoms with Crippen LogP contribution in [0.15, 0.2) is 23.0 Å². The van der Waals surface area contributed by atoms with Crippen LogP contribution in [0.1, 0.15) is 25.1 Å². The Hall–Kier alpha value is -1.59. The van der Waals surface area contributed by atoms with Gasteiger partial charge in [-0.3, -0.25) is 4.79 Å². The third-order valence-electron chi connectivity index (χ3n) is 6.77. The van der Waals surface area contributed by atoms with Gasteiger partial charge in [-0.05, 0) is 13.3 Å². The Kier molecular flexibility index (Phi) is 5.57. The zero-order valence-corrected chi connectivity index (χ0v) is 20.4. The number of hydrogen-bond acceptors (Lipinski definition) is 6. The normalized spacial score (nSPS) is 30.8. The Labute approximate surface area is 198 Å². The largest absolute Gasteiger partial charge is 0.477 e. The summed E-state index contributed by atoms with van der Waals surface area (Å²) in [5.74, 6) is -1.97. The van der Waals surface area contributed by atoms with Gasteiger partial charge in [-0.25, -0.2) is 9.36 Å². The predicted molar refractivity (Wildman–Crippen MR) is 123 cm³/mol. The molecule has 11 heteroatoms. The van der Waals surface area contributed by atoms with Crippen molar-refractivity contribution in [3.05, 3.63) is 33.2 Å². The number of carbonyl (C=O) groups excluding carboxylic acids is 1. The van der Waals surface area contributed by atoms with E-state index >= 15 is 0 Å². The molecule has 32 heavy (non-hydrogen) atoms. The number of aliphatic carboxylic acids is 1. The molecule has 0 unspecified atom stereocenters. The van der Waals surface area contributed by atoms with Crippen LogP contribution < -0.4 is 9.88 Å². The van der Waals surface area contributed by atoms with Gasteiger partial charge in [-0.2, -0.15) is 4.40 Å². The molecule has 0 spiro atoms. The average Bonchev–Trinajstić information content (AvgIpc) is 3.43. The van der Waals surface area contributed by atoms with E-state index in [1.807, 2.05) is 29.1 Å². The highest BCUT2D eigenvalue weighted by molar-refractivity contribution is 8.03. The van der Waals surface area contributed by atoms with E-state index < -0.39 is 18.0 Å². The van der Waals surface area contributed by atoms with Gasteiger partial charge in [0.15, 0.2) is 0 Å². The third-order valence-corrected chi connectivity index (χ3v) is 9.78. The zero-order valence-electron chi connectivity index (χ0n) is 18.0. The lowest BCUT2D eigenvalue weighted by Gasteiger charge is -2.46. The van der Waals surface area contributed by atoms with Gasteiger partial charge in [-0.15, -0.1) is 11.8 Å². The second-order valence-electron chi connectivity index (χ2n) is 8.97. The number of carboxylic acids is 1. The molecule has 2 aromatic rings. The molecule has 8 nitrogen and oxygen atoms in total. The Morgan fingerprint density at radius 1 is 1.50 bits per heavy atom. The summed E-state index contributed by atoms with van der Waals surface area (Å²) in [7, 11) is 1.92. The molecule has 3 N–H and O–H groups in total. The number of hydrogen-bond donors (Lipinski definition) is 3. The SMILES string of the molecule is C[C@@H](O)[C@H]1C(=O)N2C(C(=O)O)=C(S[C@@H]3CN[C@H](Cc4cn5c(Cl)[n+](C)cc5s4)C3)[C@H](C)[C@H]12. The molecule has 3 aliphatic rings. The number of nitrogens with zero attached hydrogens (tertiary/aromatic N) is 3. The predicted octanol–water partition coefficient (Wildman–Crippen LogP) is 1.64. The van der Waals surface area contributed by atoms with Crippen LogP contribution in [0.4, 0.5) is 0 Å². The quantitative estimate of drug-likeness (QED) is 0.414. The molecule has 1 amide bonds. The van der Waals surface area contributed by atoms with Gasteiger partial charge >= 0.3 is 11.3 Å². The molecular weight excluding hydrogens is 472 g/mol. The number of nitrogens with one attached hydrogen (secondary N) is 1. The van der Waals surface area contributed by atoms with Crippen molar-refractivity contribution in [1.29, 1.82) is 0 Å². The lowest BCUT2D eigenvalue weighted by molar-refractivity contribution is -0.667. The number of aromatic nitrogens is 2. The van der Waals surface area contributed by atoms with Crippen molar-refractivity contribution >= 4 is 51.4 Å². The molecule has 0 saturated carbocycles. The zero-order chi connectivity index (χ0) is 22.9. The highest BCUT2D eigenvalue weighted by Crippen LogP contribution is 2.51. The van der Waals surface area contributed by atoms with Crippen LogP contribution in [0.25, 0.3) is 4.83 Å². The van der Waals surface area contributed by atoms with Gasteiger partial charge in [0, 0.05) is 51.6 Å². The minimum atomic E-state index is -1.07. The maximum Gasteiger partial charge on any atom is 0.360 e. The number of imidazole rings is 1. The molecule has 3 aliphatic heterocycles. The molecule has 0 radical (unpaired) electrons. The van der Waals surface area contributed by atoms with Gasteiger partial charge in [0.25, 0.3) is 0 Å². The second kappa shape index (κ2) is 8.02. The first kappa shape index (κ1) is 22.2. The summed E-state index contributed by atoms with van der Waals surface area (Å²) in [5, 5.41) is 24.3. The summed E-state index contributed by atoms with van der Waals surface area (Å²) in [6, 6.07) is 0.0417. The number of amides is 1. The fourth-order valence-corrected chi connectivity index (χ4v) is 8.18. The number of thiazole rings is 1. The van der Waals surface area contributed by atoms with E-state index in [4.69, 9.17) is 11.6 Å². The van der Waals surface area contributed by atoms with E-state index in [9.17, 15) is 19.8 Å². The van der Waals surface area contributed by atoms with Crippen molar-refractivity contribution in [3.8, 4) is 0 Å². The van der Waals surface area contributed by atoms with Crippen molar-refractivity contribution in [1.82, 2.24) is 14.6 Å². The first-order valence-corrected chi connectivity index (χ1v) is 12.8. The maximum atomic E-state index is 12.5. The number of halogens is 1. The molecule has 172 valence electrons. The summed E-state index contributed by atoms with van der Waals surface area (Å²) < 4.78 is 3.89. The third kappa shape index (κ3) is 3.38. The standard InChI is InChI=1S/C21H25ClN4O4S2/c1-9-16-15(10(2)27)19(28)26(16)17(20(29)30)18(9)32-12-4-11(23-6-12)5-13-7-25-14(31-13)8-24(3)21(25)22/h7-12,15-16,23,27H,4-6H2,1-3H3/p+1/t9-,10-,11+,12+,15-,16-/m1/s1. The van der Waals surface area contributed by atoms with Gasteiger partial charge < -0.3 is 20.4 Å². The first-order chi connectivity index (χ1) is 15.2. The lowest BCUT2D eigenvalue weighted by atomic mass is 9.79. The molecule has 6 atom stereocenters. The van der Waals surface area contributed by atoms with Crippen molar-refractivity contribution in [2.75, 3.05) is 6.54 Å². The van der Waals surface area contributed by atoms with Crippen LogP contribution in [0, 0.1) is 11.8 Å². The molecular formula is C21H26ClN4O4S2+. The van der Waals surface area contributed by atoms with Gasteiger partial charge in [0.05, 0.1) is 25.1 Å². The minimum absolute atomic E-state index is 0.0932. The molecule has 2 fully saturated rings. The topological polar surface area (TPSA) is 98.2 Å². The number of β-lactam (4-membered cyclic amide) rings is 1. The van der Waals surface area contributed by atoms with Crippen molar-refractivity contribution < 1.29 is 24.4 Å². The number of thioether (sulfide) groups is 1. The fourth-order valence-electron chi connectivity index (χ4n) is 5.26. The Morgan fingerprint density at radius 3 is 2.91 bits per heavy atom. The van der Waals surface area contributed by atoms with Crippen LogP contribution in [-0.2, 0) is 23.1 Å². The Morgan fingerprint density at radius 2 is 2.25 bits per heavy atom. The number of aryl methyl sites for hydroxylation is 1. The molecule has 5 rings (SSSR count). The Balaban J connectivity index is 1.28. The summed E-state index contributed by atoms with van der Waals surface area (Å²) in [4.78, 5) is 29.0. The second-order valence-corrected chi connectivity index (χ2v) is 11.8. The number of fused-ring (bicyclic) bond motifs is 2. The fraction of sp³-hybridized carbons (Fsp3) is 0.571.